The van der Waals surface area contributed by atoms with Gasteiger partial charge in [0, 0.05) is 37.6 Å². The molecule has 10 nitrogen and oxygen atoms in total. The van der Waals surface area contributed by atoms with E-state index in [0.29, 0.717) is 6.07 Å². The summed E-state index contributed by atoms with van der Waals surface area (Å²) in [5.41, 5.74) is -0.866. The lowest BCUT2D eigenvalue weighted by molar-refractivity contribution is 0.101. The number of carbonyl (C=O) groups is 2. The Balaban J connectivity index is 1.85. The molecule has 1 aliphatic heterocycles. The molecule has 0 aliphatic carbocycles. The van der Waals surface area contributed by atoms with Crippen LogP contribution >= 0.6 is 0 Å². The molecule has 4 N–H and O–H groups in total. The van der Waals surface area contributed by atoms with Crippen LogP contribution in [-0.4, -0.2) is 65.3 Å². The molecule has 174 valence electrons. The Morgan fingerprint density at radius 3 is 2.50 bits per heavy atom. The summed E-state index contributed by atoms with van der Waals surface area (Å²) in [5.74, 6) is -4.90. The van der Waals surface area contributed by atoms with E-state index in [-0.39, 0.29) is 18.7 Å². The van der Waals surface area contributed by atoms with E-state index < -0.39 is 68.8 Å². The van der Waals surface area contributed by atoms with E-state index in [1.807, 2.05) is 0 Å². The zero-order chi connectivity index (χ0) is 23.8. The number of halogens is 3. The van der Waals surface area contributed by atoms with Crippen LogP contribution in [0.2, 0.25) is 0 Å². The fourth-order valence-electron chi connectivity index (χ4n) is 3.50. The molecular formula is C18H19F3N4O6S. The number of anilines is 1. The number of aliphatic hydroxyl groups is 1. The molecule has 3 rings (SSSR count). The SMILES string of the molecule is Cn1cc(S(=O)(=O)N[C@@H]2CCN(C(=O)O)[C@@H]2CO)c(F)c1C(=O)Nc1ccc(F)c(F)c1. The van der Waals surface area contributed by atoms with Crippen LogP contribution in [0, 0.1) is 17.5 Å². The fraction of sp³-hybridized carbons (Fsp3) is 0.333. The monoisotopic (exact) mass is 476 g/mol. The number of amides is 2. The summed E-state index contributed by atoms with van der Waals surface area (Å²) in [5, 5.41) is 20.7. The molecule has 1 aromatic carbocycles. The van der Waals surface area contributed by atoms with Crippen LogP contribution in [0.3, 0.4) is 0 Å². The van der Waals surface area contributed by atoms with Crippen molar-refractivity contribution >= 4 is 27.7 Å². The third kappa shape index (κ3) is 4.42. The molecule has 2 atom stereocenters. The summed E-state index contributed by atoms with van der Waals surface area (Å²) in [6.45, 7) is -0.689. The molecule has 0 radical (unpaired) electrons. The minimum Gasteiger partial charge on any atom is -0.465 e. The maximum absolute atomic E-state index is 15.0. The highest BCUT2D eigenvalue weighted by Gasteiger charge is 2.40. The number of aliphatic hydroxyl groups excluding tert-OH is 1. The number of aromatic nitrogens is 1. The van der Waals surface area contributed by atoms with Gasteiger partial charge in [0.25, 0.3) is 5.91 Å². The second-order valence-corrected chi connectivity index (χ2v) is 8.77. The zero-order valence-corrected chi connectivity index (χ0v) is 17.4. The number of nitrogens with one attached hydrogen (secondary N) is 2. The van der Waals surface area contributed by atoms with Crippen LogP contribution in [-0.2, 0) is 17.1 Å². The Labute approximate surface area is 180 Å². The number of benzene rings is 1. The lowest BCUT2D eigenvalue weighted by atomic mass is 10.1. The van der Waals surface area contributed by atoms with Crippen molar-refractivity contribution in [2.75, 3.05) is 18.5 Å². The van der Waals surface area contributed by atoms with Crippen LogP contribution in [0.25, 0.3) is 0 Å². The minimum atomic E-state index is -4.55. The van der Waals surface area contributed by atoms with Gasteiger partial charge in [-0.15, -0.1) is 0 Å². The van der Waals surface area contributed by atoms with Crippen LogP contribution in [0.15, 0.2) is 29.3 Å². The molecule has 2 amide bonds. The van der Waals surface area contributed by atoms with Crippen molar-refractivity contribution in [1.29, 1.82) is 0 Å². The van der Waals surface area contributed by atoms with Gasteiger partial charge in [-0.3, -0.25) is 4.79 Å². The van der Waals surface area contributed by atoms with Gasteiger partial charge in [0.15, 0.2) is 17.5 Å². The molecule has 32 heavy (non-hydrogen) atoms. The predicted molar refractivity (Wildman–Crippen MR) is 104 cm³/mol. The first-order valence-electron chi connectivity index (χ1n) is 9.20. The molecule has 0 unspecified atom stereocenters. The first-order valence-corrected chi connectivity index (χ1v) is 10.7. The average Bonchev–Trinajstić information content (AvgIpc) is 3.24. The summed E-state index contributed by atoms with van der Waals surface area (Å²) < 4.78 is 69.9. The van der Waals surface area contributed by atoms with Gasteiger partial charge in [-0.1, -0.05) is 0 Å². The summed E-state index contributed by atoms with van der Waals surface area (Å²) in [7, 11) is -3.34. The number of carbonyl (C=O) groups excluding carboxylic acids is 1. The van der Waals surface area contributed by atoms with E-state index in [4.69, 9.17) is 5.11 Å². The van der Waals surface area contributed by atoms with Crippen LogP contribution in [0.4, 0.5) is 23.7 Å². The number of hydrogen-bond donors (Lipinski definition) is 4. The Kier molecular flexibility index (Phi) is 6.48. The topological polar surface area (TPSA) is 141 Å². The maximum Gasteiger partial charge on any atom is 0.407 e. The molecule has 1 aliphatic rings. The van der Waals surface area contributed by atoms with Gasteiger partial charge in [-0.2, -0.15) is 0 Å². The standard InChI is InChI=1S/C18H19F3N4O6S/c1-24-7-14(32(30,31)23-12-4-5-25(18(28)29)13(12)8-26)15(21)16(24)17(27)22-9-2-3-10(19)11(20)6-9/h2-3,6-7,12-13,23,26H,4-5,8H2,1H3,(H,22,27)(H,28,29)/t12-,13-/m1/s1. The van der Waals surface area contributed by atoms with Gasteiger partial charge in [0.05, 0.1) is 12.6 Å². The summed E-state index contributed by atoms with van der Waals surface area (Å²) in [4.78, 5) is 23.6. The Morgan fingerprint density at radius 2 is 1.91 bits per heavy atom. The highest BCUT2D eigenvalue weighted by atomic mass is 32.2. The number of nitrogens with zero attached hydrogens (tertiary/aromatic N) is 2. The maximum atomic E-state index is 15.0. The van der Waals surface area contributed by atoms with Crippen molar-refractivity contribution in [3.63, 3.8) is 0 Å². The predicted octanol–water partition coefficient (Wildman–Crippen LogP) is 1.09. The highest BCUT2D eigenvalue weighted by Crippen LogP contribution is 2.25. The number of carboxylic acid groups (broad SMARTS) is 1. The lowest BCUT2D eigenvalue weighted by Crippen LogP contribution is -2.48. The highest BCUT2D eigenvalue weighted by molar-refractivity contribution is 7.89. The van der Waals surface area contributed by atoms with Crippen molar-refractivity contribution in [3.05, 3.63) is 47.5 Å². The second-order valence-electron chi connectivity index (χ2n) is 7.09. The lowest BCUT2D eigenvalue weighted by Gasteiger charge is -2.24. The molecule has 2 heterocycles. The van der Waals surface area contributed by atoms with Crippen molar-refractivity contribution in [1.82, 2.24) is 14.2 Å². The van der Waals surface area contributed by atoms with Crippen LogP contribution in [0.1, 0.15) is 16.9 Å². The second kappa shape index (κ2) is 8.80. The number of likely N-dealkylation sites (tertiary alicyclic amines) is 1. The van der Waals surface area contributed by atoms with Crippen LogP contribution < -0.4 is 10.0 Å². The van der Waals surface area contributed by atoms with Crippen molar-refractivity contribution in [2.24, 2.45) is 7.05 Å². The third-order valence-electron chi connectivity index (χ3n) is 5.05. The van der Waals surface area contributed by atoms with E-state index in [1.165, 1.54) is 7.05 Å². The van der Waals surface area contributed by atoms with Crippen LogP contribution in [0.5, 0.6) is 0 Å². The van der Waals surface area contributed by atoms with Crippen molar-refractivity contribution in [3.8, 4) is 0 Å². The van der Waals surface area contributed by atoms with Gasteiger partial charge >= 0.3 is 6.09 Å². The fourth-order valence-corrected chi connectivity index (χ4v) is 4.93. The van der Waals surface area contributed by atoms with E-state index >= 15 is 0 Å². The van der Waals surface area contributed by atoms with Gasteiger partial charge in [-0.05, 0) is 18.6 Å². The number of rotatable bonds is 6. The Hall–Kier alpha value is -3.10. The van der Waals surface area contributed by atoms with E-state index in [0.717, 1.165) is 27.8 Å². The number of sulfonamides is 1. The summed E-state index contributed by atoms with van der Waals surface area (Å²) in [6, 6.07) is 0.396. The van der Waals surface area contributed by atoms with E-state index in [9.17, 15) is 36.3 Å². The molecule has 14 heteroatoms. The quantitative estimate of drug-likeness (QED) is 0.492. The largest absolute Gasteiger partial charge is 0.465 e. The van der Waals surface area contributed by atoms with Crippen molar-refractivity contribution < 1.29 is 41.4 Å². The zero-order valence-electron chi connectivity index (χ0n) is 16.5. The molecule has 1 saturated heterocycles. The molecular weight excluding hydrogens is 457 g/mol. The van der Waals surface area contributed by atoms with Gasteiger partial charge < -0.3 is 25.0 Å². The average molecular weight is 476 g/mol. The smallest absolute Gasteiger partial charge is 0.407 e. The first kappa shape index (κ1) is 23.6. The van der Waals surface area contributed by atoms with Gasteiger partial charge in [0.1, 0.15) is 10.6 Å². The first-order chi connectivity index (χ1) is 15.0. The molecule has 0 spiro atoms. The Bertz CT molecular complexity index is 1170. The third-order valence-corrected chi connectivity index (χ3v) is 6.53. The number of hydrogen-bond acceptors (Lipinski definition) is 5. The molecule has 0 saturated carbocycles. The normalized spacial score (nSPS) is 18.7. The van der Waals surface area contributed by atoms with E-state index in [2.05, 4.69) is 10.0 Å². The Morgan fingerprint density at radius 1 is 1.22 bits per heavy atom. The van der Waals surface area contributed by atoms with Gasteiger partial charge in [-0.25, -0.2) is 31.1 Å². The van der Waals surface area contributed by atoms with E-state index in [1.54, 1.807) is 0 Å². The summed E-state index contributed by atoms with van der Waals surface area (Å²) >= 11 is 0. The van der Waals surface area contributed by atoms with Crippen molar-refractivity contribution in [2.45, 2.75) is 23.4 Å². The molecule has 1 aromatic heterocycles. The molecule has 0 bridgehead atoms. The molecule has 2 aromatic rings. The van der Waals surface area contributed by atoms with Gasteiger partial charge in [0.2, 0.25) is 10.0 Å². The minimum absolute atomic E-state index is 0.0348. The summed E-state index contributed by atoms with van der Waals surface area (Å²) in [6.07, 6.45) is -0.447. The number of aryl methyl sites for hydroxylation is 1. The molecule has 1 fully saturated rings.